The standard InChI is InChI=1S/C19H25N3O4/c1-12(23)22-16(17(24)20-9-8-19(2,3)18(25)26)10-13-11-21-15-7-5-4-6-14(13)15/h4-7,11,16,21H,8-10H2,1-3H3,(H,20,24)(H,22,23)(H,25,26). The molecule has 0 aliphatic rings. The Kier molecular flexibility index (Phi) is 6.02. The number of carbonyl (C=O) groups is 3. The van der Waals surface area contributed by atoms with Crippen LogP contribution >= 0.6 is 0 Å². The number of aromatic amines is 1. The normalized spacial score (nSPS) is 12.6. The monoisotopic (exact) mass is 359 g/mol. The van der Waals surface area contributed by atoms with Crippen molar-refractivity contribution in [1.29, 1.82) is 0 Å². The number of aromatic nitrogens is 1. The van der Waals surface area contributed by atoms with Gasteiger partial charge < -0.3 is 20.7 Å². The van der Waals surface area contributed by atoms with Gasteiger partial charge in [-0.15, -0.1) is 0 Å². The minimum absolute atomic E-state index is 0.224. The van der Waals surface area contributed by atoms with Crippen molar-refractivity contribution in [3.63, 3.8) is 0 Å². The number of para-hydroxylation sites is 1. The molecule has 26 heavy (non-hydrogen) atoms. The van der Waals surface area contributed by atoms with Crippen LogP contribution in [0.4, 0.5) is 0 Å². The molecule has 1 unspecified atom stereocenters. The number of carbonyl (C=O) groups excluding carboxylic acids is 2. The Morgan fingerprint density at radius 1 is 1.23 bits per heavy atom. The minimum atomic E-state index is -0.923. The lowest BCUT2D eigenvalue weighted by Crippen LogP contribution is -2.48. The summed E-state index contributed by atoms with van der Waals surface area (Å²) in [6, 6.07) is 7.02. The Hall–Kier alpha value is -2.83. The average molecular weight is 359 g/mol. The van der Waals surface area contributed by atoms with Crippen molar-refractivity contribution in [2.45, 2.75) is 39.7 Å². The van der Waals surface area contributed by atoms with Crippen LogP contribution in [-0.4, -0.2) is 40.5 Å². The summed E-state index contributed by atoms with van der Waals surface area (Å²) in [7, 11) is 0. The summed E-state index contributed by atoms with van der Waals surface area (Å²) in [4.78, 5) is 38.3. The van der Waals surface area contributed by atoms with Gasteiger partial charge >= 0.3 is 5.97 Å². The first-order valence-corrected chi connectivity index (χ1v) is 8.54. The zero-order valence-electron chi connectivity index (χ0n) is 15.3. The highest BCUT2D eigenvalue weighted by Gasteiger charge is 2.27. The summed E-state index contributed by atoms with van der Waals surface area (Å²) in [5.41, 5.74) is 0.973. The summed E-state index contributed by atoms with van der Waals surface area (Å²) in [6.07, 6.45) is 2.48. The van der Waals surface area contributed by atoms with Gasteiger partial charge in [-0.2, -0.15) is 0 Å². The maximum Gasteiger partial charge on any atom is 0.309 e. The maximum atomic E-state index is 12.5. The van der Waals surface area contributed by atoms with Gasteiger partial charge in [0, 0.05) is 37.0 Å². The highest BCUT2D eigenvalue weighted by Crippen LogP contribution is 2.20. The van der Waals surface area contributed by atoms with Gasteiger partial charge in [-0.3, -0.25) is 14.4 Å². The molecule has 7 heteroatoms. The van der Waals surface area contributed by atoms with E-state index < -0.39 is 17.4 Å². The van der Waals surface area contributed by atoms with Gasteiger partial charge in [-0.05, 0) is 31.9 Å². The van der Waals surface area contributed by atoms with Crippen LogP contribution in [0.2, 0.25) is 0 Å². The first-order chi connectivity index (χ1) is 12.2. The van der Waals surface area contributed by atoms with E-state index in [1.807, 2.05) is 30.5 Å². The van der Waals surface area contributed by atoms with Gasteiger partial charge in [0.25, 0.3) is 0 Å². The maximum absolute atomic E-state index is 12.5. The fourth-order valence-electron chi connectivity index (χ4n) is 2.70. The Morgan fingerprint density at radius 2 is 1.92 bits per heavy atom. The first kappa shape index (κ1) is 19.5. The largest absolute Gasteiger partial charge is 0.481 e. The molecule has 2 rings (SSSR count). The lowest BCUT2D eigenvalue weighted by Gasteiger charge is -2.21. The minimum Gasteiger partial charge on any atom is -0.481 e. The summed E-state index contributed by atoms with van der Waals surface area (Å²) < 4.78 is 0. The number of H-pyrrole nitrogens is 1. The fraction of sp³-hybridized carbons (Fsp3) is 0.421. The smallest absolute Gasteiger partial charge is 0.309 e. The van der Waals surface area contributed by atoms with E-state index in [1.54, 1.807) is 13.8 Å². The molecule has 0 saturated carbocycles. The predicted octanol–water partition coefficient (Wildman–Crippen LogP) is 1.83. The third-order valence-electron chi connectivity index (χ3n) is 4.42. The first-order valence-electron chi connectivity index (χ1n) is 8.54. The molecule has 0 radical (unpaired) electrons. The number of amides is 2. The van der Waals surface area contributed by atoms with Crippen LogP contribution in [0.5, 0.6) is 0 Å². The molecule has 0 fully saturated rings. The van der Waals surface area contributed by atoms with E-state index in [9.17, 15) is 14.4 Å². The Morgan fingerprint density at radius 3 is 2.58 bits per heavy atom. The Balaban J connectivity index is 2.05. The molecule has 1 aromatic carbocycles. The van der Waals surface area contributed by atoms with Crippen molar-refractivity contribution in [3.8, 4) is 0 Å². The zero-order chi connectivity index (χ0) is 19.3. The van der Waals surface area contributed by atoms with Crippen LogP contribution in [-0.2, 0) is 20.8 Å². The molecule has 140 valence electrons. The van der Waals surface area contributed by atoms with E-state index in [2.05, 4.69) is 15.6 Å². The molecule has 1 atom stereocenters. The van der Waals surface area contributed by atoms with E-state index in [0.29, 0.717) is 12.8 Å². The van der Waals surface area contributed by atoms with Gasteiger partial charge in [0.05, 0.1) is 5.41 Å². The summed E-state index contributed by atoms with van der Waals surface area (Å²) in [6.45, 7) is 4.81. The zero-order valence-corrected chi connectivity index (χ0v) is 15.3. The van der Waals surface area contributed by atoms with E-state index in [4.69, 9.17) is 5.11 Å². The SMILES string of the molecule is CC(=O)NC(Cc1c[nH]c2ccccc12)C(=O)NCCC(C)(C)C(=O)O. The van der Waals surface area contributed by atoms with Crippen molar-refractivity contribution in [2.75, 3.05) is 6.54 Å². The Labute approximate surface area is 152 Å². The van der Waals surface area contributed by atoms with E-state index in [0.717, 1.165) is 16.5 Å². The number of benzene rings is 1. The number of rotatable bonds is 8. The van der Waals surface area contributed by atoms with Gasteiger partial charge in [0.2, 0.25) is 11.8 Å². The average Bonchev–Trinajstić information content (AvgIpc) is 2.96. The van der Waals surface area contributed by atoms with Gasteiger partial charge in [-0.1, -0.05) is 18.2 Å². The molecular weight excluding hydrogens is 334 g/mol. The van der Waals surface area contributed by atoms with Crippen molar-refractivity contribution in [1.82, 2.24) is 15.6 Å². The summed E-state index contributed by atoms with van der Waals surface area (Å²) in [5, 5.41) is 15.5. The quantitative estimate of drug-likeness (QED) is 0.576. The van der Waals surface area contributed by atoms with Gasteiger partial charge in [-0.25, -0.2) is 0 Å². The summed E-state index contributed by atoms with van der Waals surface area (Å²) in [5.74, 6) is -1.54. The van der Waals surface area contributed by atoms with Crippen LogP contribution in [0.25, 0.3) is 10.9 Å². The molecule has 2 amide bonds. The second-order valence-corrected chi connectivity index (χ2v) is 7.05. The van der Waals surface area contributed by atoms with Gasteiger partial charge in [0.15, 0.2) is 0 Å². The van der Waals surface area contributed by atoms with Crippen LogP contribution in [0.1, 0.15) is 32.8 Å². The second kappa shape index (κ2) is 8.03. The highest BCUT2D eigenvalue weighted by atomic mass is 16.4. The van der Waals surface area contributed by atoms with Crippen LogP contribution in [0.3, 0.4) is 0 Å². The second-order valence-electron chi connectivity index (χ2n) is 7.05. The number of hydrogen-bond acceptors (Lipinski definition) is 3. The number of fused-ring (bicyclic) bond motifs is 1. The predicted molar refractivity (Wildman–Crippen MR) is 98.7 cm³/mol. The number of carboxylic acids is 1. The number of hydrogen-bond donors (Lipinski definition) is 4. The lowest BCUT2D eigenvalue weighted by molar-refractivity contribution is -0.147. The van der Waals surface area contributed by atoms with E-state index in [-0.39, 0.29) is 18.4 Å². The molecule has 0 aliphatic carbocycles. The van der Waals surface area contributed by atoms with E-state index >= 15 is 0 Å². The van der Waals surface area contributed by atoms with Crippen LogP contribution < -0.4 is 10.6 Å². The Bertz CT molecular complexity index is 810. The van der Waals surface area contributed by atoms with Crippen molar-refractivity contribution in [3.05, 3.63) is 36.0 Å². The van der Waals surface area contributed by atoms with Crippen molar-refractivity contribution < 1.29 is 19.5 Å². The molecule has 2 aromatic rings. The third-order valence-corrected chi connectivity index (χ3v) is 4.42. The molecule has 1 heterocycles. The molecule has 1 aromatic heterocycles. The lowest BCUT2D eigenvalue weighted by atomic mass is 9.89. The molecule has 0 spiro atoms. The molecule has 7 nitrogen and oxygen atoms in total. The molecule has 0 aliphatic heterocycles. The number of carboxylic acid groups (broad SMARTS) is 1. The topological polar surface area (TPSA) is 111 Å². The van der Waals surface area contributed by atoms with Crippen molar-refractivity contribution in [2.24, 2.45) is 5.41 Å². The van der Waals surface area contributed by atoms with Crippen LogP contribution in [0, 0.1) is 5.41 Å². The third kappa shape index (κ3) is 4.84. The van der Waals surface area contributed by atoms with Gasteiger partial charge in [0.1, 0.15) is 6.04 Å². The van der Waals surface area contributed by atoms with Crippen molar-refractivity contribution >= 4 is 28.7 Å². The number of aliphatic carboxylic acids is 1. The molecule has 0 bridgehead atoms. The van der Waals surface area contributed by atoms with Crippen LogP contribution in [0.15, 0.2) is 30.5 Å². The highest BCUT2D eigenvalue weighted by molar-refractivity contribution is 5.89. The molecular formula is C19H25N3O4. The summed E-state index contributed by atoms with van der Waals surface area (Å²) >= 11 is 0. The fourth-order valence-corrected chi connectivity index (χ4v) is 2.70. The van der Waals surface area contributed by atoms with E-state index in [1.165, 1.54) is 6.92 Å². The molecule has 0 saturated heterocycles. The number of nitrogens with one attached hydrogen (secondary N) is 3. The molecule has 4 N–H and O–H groups in total.